The summed E-state index contributed by atoms with van der Waals surface area (Å²) in [5.41, 5.74) is 3.44. The number of aromatic nitrogens is 2. The summed E-state index contributed by atoms with van der Waals surface area (Å²) in [4.78, 5) is 38.2. The fraction of sp³-hybridized carbons (Fsp3) is 0.500. The molecule has 2 aromatic heterocycles. The lowest BCUT2D eigenvalue weighted by Gasteiger charge is -2.16. The van der Waals surface area contributed by atoms with Crippen LogP contribution in [0.25, 0.3) is 0 Å². The second-order valence-corrected chi connectivity index (χ2v) is 8.41. The molecule has 2 aromatic rings. The Balaban J connectivity index is 1.78. The molecule has 9 heteroatoms. The molecule has 1 atom stereocenters. The number of esters is 1. The van der Waals surface area contributed by atoms with Crippen LogP contribution in [0.3, 0.4) is 0 Å². The fourth-order valence-electron chi connectivity index (χ4n) is 3.48. The van der Waals surface area contributed by atoms with Gasteiger partial charge >= 0.3 is 5.97 Å². The molecule has 2 amide bonds. The standard InChI is InChI=1S/C20H26N4O4S/c1-10-17(11(2)24(5)23-10)22-18(26)12(3)28-20(27)16-14-8-6-7-9-15(14)29-19(16)21-13(4)25/h12H,6-9H2,1-5H3,(H,21,25)(H,22,26)/t12-/m0/s1. The SMILES string of the molecule is CC(=O)Nc1sc2c(c1C(=O)O[C@@H](C)C(=O)Nc1c(C)nn(C)c1C)CCCC2. The Morgan fingerprint density at radius 3 is 2.48 bits per heavy atom. The highest BCUT2D eigenvalue weighted by atomic mass is 32.1. The van der Waals surface area contributed by atoms with Crippen molar-refractivity contribution in [1.82, 2.24) is 9.78 Å². The second kappa shape index (κ2) is 8.36. The van der Waals surface area contributed by atoms with E-state index in [0.29, 0.717) is 21.9 Å². The van der Waals surface area contributed by atoms with Crippen LogP contribution < -0.4 is 10.6 Å². The molecule has 0 radical (unpaired) electrons. The largest absolute Gasteiger partial charge is 0.449 e. The third-order valence-electron chi connectivity index (χ3n) is 5.08. The second-order valence-electron chi connectivity index (χ2n) is 7.30. The third kappa shape index (κ3) is 4.34. The number of hydrogen-bond acceptors (Lipinski definition) is 6. The smallest absolute Gasteiger partial charge is 0.342 e. The summed E-state index contributed by atoms with van der Waals surface area (Å²) < 4.78 is 7.16. The molecule has 2 N–H and O–H groups in total. The van der Waals surface area contributed by atoms with E-state index in [-0.39, 0.29) is 5.91 Å². The number of carbonyl (C=O) groups is 3. The molecule has 0 fully saturated rings. The first kappa shape index (κ1) is 21.0. The average molecular weight is 419 g/mol. The zero-order chi connectivity index (χ0) is 21.3. The lowest BCUT2D eigenvalue weighted by atomic mass is 9.95. The molecule has 1 aliphatic carbocycles. The maximum Gasteiger partial charge on any atom is 0.342 e. The van der Waals surface area contributed by atoms with Crippen LogP contribution in [-0.2, 0) is 34.2 Å². The molecule has 8 nitrogen and oxygen atoms in total. The van der Waals surface area contributed by atoms with E-state index >= 15 is 0 Å². The number of amides is 2. The van der Waals surface area contributed by atoms with E-state index < -0.39 is 18.0 Å². The van der Waals surface area contributed by atoms with Crippen molar-refractivity contribution in [2.45, 2.75) is 59.5 Å². The maximum atomic E-state index is 12.9. The lowest BCUT2D eigenvalue weighted by molar-refractivity contribution is -0.123. The van der Waals surface area contributed by atoms with Crippen LogP contribution in [0.4, 0.5) is 10.7 Å². The van der Waals surface area contributed by atoms with Crippen LogP contribution >= 0.6 is 11.3 Å². The number of rotatable bonds is 5. The van der Waals surface area contributed by atoms with Crippen molar-refractivity contribution in [2.24, 2.45) is 7.05 Å². The molecule has 0 unspecified atom stereocenters. The molecule has 0 spiro atoms. The highest BCUT2D eigenvalue weighted by molar-refractivity contribution is 7.17. The maximum absolute atomic E-state index is 12.9. The Labute approximate surface area is 173 Å². The van der Waals surface area contributed by atoms with Gasteiger partial charge in [-0.2, -0.15) is 5.10 Å². The zero-order valence-electron chi connectivity index (χ0n) is 17.3. The van der Waals surface area contributed by atoms with Crippen LogP contribution in [0.1, 0.15) is 58.9 Å². The first-order valence-corrected chi connectivity index (χ1v) is 10.4. The first-order valence-electron chi connectivity index (χ1n) is 9.63. The van der Waals surface area contributed by atoms with Gasteiger partial charge in [-0.3, -0.25) is 14.3 Å². The van der Waals surface area contributed by atoms with E-state index in [0.717, 1.165) is 41.8 Å². The molecular weight excluding hydrogens is 392 g/mol. The lowest BCUT2D eigenvalue weighted by Crippen LogP contribution is -2.30. The Hall–Kier alpha value is -2.68. The van der Waals surface area contributed by atoms with Gasteiger partial charge in [-0.25, -0.2) is 4.79 Å². The number of hydrogen-bond donors (Lipinski definition) is 2. The van der Waals surface area contributed by atoms with Gasteiger partial charge in [0, 0.05) is 18.8 Å². The van der Waals surface area contributed by atoms with Gasteiger partial charge in [-0.15, -0.1) is 11.3 Å². The minimum Gasteiger partial charge on any atom is -0.449 e. The van der Waals surface area contributed by atoms with Crippen LogP contribution in [0.5, 0.6) is 0 Å². The molecule has 0 aromatic carbocycles. The molecule has 0 aliphatic heterocycles. The summed E-state index contributed by atoms with van der Waals surface area (Å²) in [6.07, 6.45) is 2.70. The molecule has 156 valence electrons. The number of nitrogens with zero attached hydrogens (tertiary/aromatic N) is 2. The van der Waals surface area contributed by atoms with Gasteiger partial charge in [-0.1, -0.05) is 0 Å². The molecule has 1 aliphatic rings. The average Bonchev–Trinajstić information content (AvgIpc) is 3.12. The van der Waals surface area contributed by atoms with Gasteiger partial charge in [0.15, 0.2) is 6.10 Å². The van der Waals surface area contributed by atoms with Crippen LogP contribution in [0, 0.1) is 13.8 Å². The number of ether oxygens (including phenoxy) is 1. The van der Waals surface area contributed by atoms with Crippen molar-refractivity contribution >= 4 is 39.8 Å². The van der Waals surface area contributed by atoms with Crippen LogP contribution in [0.15, 0.2) is 0 Å². The summed E-state index contributed by atoms with van der Waals surface area (Å²) in [6, 6.07) is 0. The summed E-state index contributed by atoms with van der Waals surface area (Å²) in [5.74, 6) is -1.26. The first-order chi connectivity index (χ1) is 13.7. The van der Waals surface area contributed by atoms with E-state index in [1.54, 1.807) is 18.7 Å². The number of anilines is 2. The van der Waals surface area contributed by atoms with Gasteiger partial charge in [0.25, 0.3) is 5.91 Å². The van der Waals surface area contributed by atoms with E-state index in [4.69, 9.17) is 4.74 Å². The highest BCUT2D eigenvalue weighted by Crippen LogP contribution is 2.38. The van der Waals surface area contributed by atoms with Crippen molar-refractivity contribution in [2.75, 3.05) is 10.6 Å². The quantitative estimate of drug-likeness (QED) is 0.727. The fourth-order valence-corrected chi connectivity index (χ4v) is 4.81. The molecular formula is C20H26N4O4S. The topological polar surface area (TPSA) is 102 Å². The molecule has 0 saturated heterocycles. The number of thiophene rings is 1. The summed E-state index contributed by atoms with van der Waals surface area (Å²) in [6.45, 7) is 6.59. The Morgan fingerprint density at radius 2 is 1.86 bits per heavy atom. The monoisotopic (exact) mass is 418 g/mol. The minimum atomic E-state index is -0.995. The Morgan fingerprint density at radius 1 is 1.17 bits per heavy atom. The number of aryl methyl sites for hydroxylation is 3. The van der Waals surface area contributed by atoms with Crippen molar-refractivity contribution < 1.29 is 19.1 Å². The van der Waals surface area contributed by atoms with Crippen LogP contribution in [0.2, 0.25) is 0 Å². The van der Waals surface area contributed by atoms with Crippen molar-refractivity contribution in [3.8, 4) is 0 Å². The predicted molar refractivity (Wildman–Crippen MR) is 111 cm³/mol. The van der Waals surface area contributed by atoms with E-state index in [1.165, 1.54) is 25.2 Å². The highest BCUT2D eigenvalue weighted by Gasteiger charge is 2.29. The third-order valence-corrected chi connectivity index (χ3v) is 6.28. The summed E-state index contributed by atoms with van der Waals surface area (Å²) >= 11 is 1.42. The van der Waals surface area contributed by atoms with E-state index in [9.17, 15) is 14.4 Å². The minimum absolute atomic E-state index is 0.244. The number of fused-ring (bicyclic) bond motifs is 1. The number of nitrogens with one attached hydrogen (secondary N) is 2. The summed E-state index contributed by atoms with van der Waals surface area (Å²) in [5, 5.41) is 10.3. The molecule has 29 heavy (non-hydrogen) atoms. The van der Waals surface area contributed by atoms with Gasteiger partial charge in [0.05, 0.1) is 22.6 Å². The molecule has 2 heterocycles. The van der Waals surface area contributed by atoms with Crippen molar-refractivity contribution in [1.29, 1.82) is 0 Å². The van der Waals surface area contributed by atoms with E-state index in [2.05, 4.69) is 15.7 Å². The Bertz CT molecular complexity index is 976. The zero-order valence-corrected chi connectivity index (χ0v) is 18.2. The van der Waals surface area contributed by atoms with Gasteiger partial charge in [-0.05, 0) is 52.0 Å². The summed E-state index contributed by atoms with van der Waals surface area (Å²) in [7, 11) is 1.80. The normalized spacial score (nSPS) is 14.1. The van der Waals surface area contributed by atoms with Gasteiger partial charge in [0.1, 0.15) is 5.00 Å². The van der Waals surface area contributed by atoms with Crippen molar-refractivity contribution in [3.05, 3.63) is 27.4 Å². The van der Waals surface area contributed by atoms with Gasteiger partial charge in [0.2, 0.25) is 5.91 Å². The van der Waals surface area contributed by atoms with Gasteiger partial charge < -0.3 is 15.4 Å². The molecule has 3 rings (SSSR count). The number of carbonyl (C=O) groups excluding carboxylic acids is 3. The van der Waals surface area contributed by atoms with Crippen molar-refractivity contribution in [3.63, 3.8) is 0 Å². The Kier molecular flexibility index (Phi) is 6.07. The van der Waals surface area contributed by atoms with E-state index in [1.807, 2.05) is 6.92 Å². The molecule has 0 saturated carbocycles. The predicted octanol–water partition coefficient (Wildman–Crippen LogP) is 3.12. The molecule has 0 bridgehead atoms. The van der Waals surface area contributed by atoms with Crippen LogP contribution in [-0.4, -0.2) is 33.7 Å².